The van der Waals surface area contributed by atoms with Crippen molar-refractivity contribution in [2.75, 3.05) is 59.7 Å². The predicted molar refractivity (Wildman–Crippen MR) is 120 cm³/mol. The highest BCUT2D eigenvalue weighted by Gasteiger charge is 2.22. The molecule has 2 rings (SSSR count). The van der Waals surface area contributed by atoms with Gasteiger partial charge in [0.05, 0.1) is 19.3 Å². The Morgan fingerprint density at radius 2 is 2.00 bits per heavy atom. The predicted octanol–water partition coefficient (Wildman–Crippen LogP) is 1.45. The Balaban J connectivity index is 0.00000364. The van der Waals surface area contributed by atoms with Gasteiger partial charge in [-0.25, -0.2) is 0 Å². The van der Waals surface area contributed by atoms with Gasteiger partial charge in [0.15, 0.2) is 5.96 Å². The van der Waals surface area contributed by atoms with E-state index < -0.39 is 6.10 Å². The fourth-order valence-corrected chi connectivity index (χ4v) is 3.15. The topological polar surface area (TPSA) is 78.4 Å². The third-order valence-corrected chi connectivity index (χ3v) is 4.92. The molecule has 0 radical (unpaired) electrons. The number of likely N-dealkylation sites (tertiary alicyclic amines) is 1. The second-order valence-electron chi connectivity index (χ2n) is 7.46. The van der Waals surface area contributed by atoms with Crippen molar-refractivity contribution in [2.45, 2.75) is 51.2 Å². The van der Waals surface area contributed by atoms with Crippen LogP contribution in [-0.4, -0.2) is 87.8 Å². The molecule has 0 aromatic heterocycles. The Morgan fingerprint density at radius 3 is 2.63 bits per heavy atom. The molecule has 1 saturated heterocycles. The van der Waals surface area contributed by atoms with Gasteiger partial charge < -0.3 is 30.1 Å². The standard InChI is InChI=1S/C19H38N4O3.HI/c1-3-20-19(21-13-18(24)15-26-14-16-5-6-16)22-17-7-10-23(11-8-17)9-4-12-25-2;/h16-18,24H,3-15H2,1-2H3,(H2,20,21,22);1H. The van der Waals surface area contributed by atoms with E-state index in [0.29, 0.717) is 19.2 Å². The van der Waals surface area contributed by atoms with Gasteiger partial charge in [0.25, 0.3) is 0 Å². The molecule has 1 heterocycles. The summed E-state index contributed by atoms with van der Waals surface area (Å²) in [5.74, 6) is 1.52. The van der Waals surface area contributed by atoms with Crippen molar-refractivity contribution in [2.24, 2.45) is 10.9 Å². The number of methoxy groups -OCH3 is 1. The van der Waals surface area contributed by atoms with Crippen LogP contribution in [0.4, 0.5) is 0 Å². The van der Waals surface area contributed by atoms with E-state index in [1.165, 1.54) is 12.8 Å². The maximum Gasteiger partial charge on any atom is 0.191 e. The lowest BCUT2D eigenvalue weighted by atomic mass is 10.1. The summed E-state index contributed by atoms with van der Waals surface area (Å²) in [6, 6.07) is 0.440. The number of nitrogens with zero attached hydrogens (tertiary/aromatic N) is 2. The lowest BCUT2D eigenvalue weighted by Crippen LogP contribution is -2.49. The molecule has 0 amide bonds. The molecule has 1 saturated carbocycles. The molecule has 0 aromatic carbocycles. The van der Waals surface area contributed by atoms with E-state index in [9.17, 15) is 5.11 Å². The van der Waals surface area contributed by atoms with Crippen molar-refractivity contribution < 1.29 is 14.6 Å². The minimum atomic E-state index is -0.535. The van der Waals surface area contributed by atoms with E-state index in [-0.39, 0.29) is 24.0 Å². The second-order valence-corrected chi connectivity index (χ2v) is 7.46. The Bertz CT molecular complexity index is 402. The molecule has 27 heavy (non-hydrogen) atoms. The van der Waals surface area contributed by atoms with Gasteiger partial charge in [0.2, 0.25) is 0 Å². The highest BCUT2D eigenvalue weighted by Crippen LogP contribution is 2.28. The van der Waals surface area contributed by atoms with Crippen molar-refractivity contribution in [1.29, 1.82) is 0 Å². The van der Waals surface area contributed by atoms with Crippen LogP contribution in [0.5, 0.6) is 0 Å². The quantitative estimate of drug-likeness (QED) is 0.164. The van der Waals surface area contributed by atoms with Crippen LogP contribution in [0.3, 0.4) is 0 Å². The largest absolute Gasteiger partial charge is 0.389 e. The van der Waals surface area contributed by atoms with Gasteiger partial charge in [-0.3, -0.25) is 4.99 Å². The normalized spacial score (nSPS) is 20.2. The first-order valence-corrected chi connectivity index (χ1v) is 10.2. The third-order valence-electron chi connectivity index (χ3n) is 4.92. The summed E-state index contributed by atoms with van der Waals surface area (Å²) >= 11 is 0. The zero-order valence-corrected chi connectivity index (χ0v) is 19.3. The molecule has 0 bridgehead atoms. The average molecular weight is 498 g/mol. The van der Waals surface area contributed by atoms with Gasteiger partial charge in [0, 0.05) is 52.5 Å². The summed E-state index contributed by atoms with van der Waals surface area (Å²) in [6.45, 7) is 8.57. The number of rotatable bonds is 12. The first-order valence-electron chi connectivity index (χ1n) is 10.2. The Kier molecular flexibility index (Phi) is 13.6. The summed E-state index contributed by atoms with van der Waals surface area (Å²) in [7, 11) is 1.76. The number of hydrogen-bond acceptors (Lipinski definition) is 5. The van der Waals surface area contributed by atoms with Crippen LogP contribution >= 0.6 is 24.0 Å². The van der Waals surface area contributed by atoms with E-state index in [1.54, 1.807) is 7.11 Å². The molecule has 7 nitrogen and oxygen atoms in total. The van der Waals surface area contributed by atoms with E-state index >= 15 is 0 Å². The first kappa shape index (κ1) is 24.9. The molecule has 0 spiro atoms. The molecule has 2 aliphatic rings. The van der Waals surface area contributed by atoms with E-state index in [2.05, 4.69) is 27.4 Å². The lowest BCUT2D eigenvalue weighted by molar-refractivity contribution is 0.0368. The van der Waals surface area contributed by atoms with Crippen LogP contribution in [0.15, 0.2) is 4.99 Å². The molecule has 2 fully saturated rings. The smallest absolute Gasteiger partial charge is 0.191 e. The maximum atomic E-state index is 10.0. The number of halogens is 1. The van der Waals surface area contributed by atoms with Gasteiger partial charge in [-0.2, -0.15) is 0 Å². The summed E-state index contributed by atoms with van der Waals surface area (Å²) in [6.07, 6.45) is 5.34. The Hall–Kier alpha value is -0.160. The van der Waals surface area contributed by atoms with Crippen molar-refractivity contribution in [3.05, 3.63) is 0 Å². The third kappa shape index (κ3) is 11.4. The molecule has 1 aliphatic heterocycles. The van der Waals surface area contributed by atoms with Crippen LogP contribution < -0.4 is 10.6 Å². The van der Waals surface area contributed by atoms with Crippen molar-refractivity contribution in [1.82, 2.24) is 15.5 Å². The average Bonchev–Trinajstić information content (AvgIpc) is 3.46. The van der Waals surface area contributed by atoms with Crippen LogP contribution in [0.2, 0.25) is 0 Å². The summed E-state index contributed by atoms with van der Waals surface area (Å²) in [5.41, 5.74) is 0. The number of ether oxygens (including phenoxy) is 2. The highest BCUT2D eigenvalue weighted by molar-refractivity contribution is 14.0. The number of aliphatic hydroxyl groups excluding tert-OH is 1. The van der Waals surface area contributed by atoms with E-state index in [0.717, 1.165) is 70.5 Å². The molecule has 1 aliphatic carbocycles. The number of aliphatic hydroxyl groups is 1. The molecular weight excluding hydrogens is 459 g/mol. The fourth-order valence-electron chi connectivity index (χ4n) is 3.15. The molecule has 3 N–H and O–H groups in total. The monoisotopic (exact) mass is 498 g/mol. The zero-order chi connectivity index (χ0) is 18.6. The molecular formula is C19H39IN4O3. The SMILES string of the molecule is CCNC(=NCC(O)COCC1CC1)NC1CCN(CCCOC)CC1.I. The minimum absolute atomic E-state index is 0. The van der Waals surface area contributed by atoms with Crippen LogP contribution in [-0.2, 0) is 9.47 Å². The highest BCUT2D eigenvalue weighted by atomic mass is 127. The van der Waals surface area contributed by atoms with Crippen molar-refractivity contribution in [3.63, 3.8) is 0 Å². The van der Waals surface area contributed by atoms with Gasteiger partial charge in [0.1, 0.15) is 0 Å². The number of guanidine groups is 1. The zero-order valence-electron chi connectivity index (χ0n) is 17.0. The summed E-state index contributed by atoms with van der Waals surface area (Å²) < 4.78 is 10.7. The van der Waals surface area contributed by atoms with Gasteiger partial charge in [-0.15, -0.1) is 24.0 Å². The van der Waals surface area contributed by atoms with Crippen molar-refractivity contribution in [3.8, 4) is 0 Å². The van der Waals surface area contributed by atoms with Crippen LogP contribution in [0.25, 0.3) is 0 Å². The second kappa shape index (κ2) is 14.8. The molecule has 160 valence electrons. The maximum absolute atomic E-state index is 10.0. The van der Waals surface area contributed by atoms with Gasteiger partial charge in [-0.1, -0.05) is 0 Å². The molecule has 0 aromatic rings. The van der Waals surface area contributed by atoms with Crippen LogP contribution in [0.1, 0.15) is 39.0 Å². The van der Waals surface area contributed by atoms with Gasteiger partial charge >= 0.3 is 0 Å². The fraction of sp³-hybridized carbons (Fsp3) is 0.947. The molecule has 8 heteroatoms. The van der Waals surface area contributed by atoms with E-state index in [1.807, 2.05) is 0 Å². The molecule has 1 unspecified atom stereocenters. The lowest BCUT2D eigenvalue weighted by Gasteiger charge is -2.33. The number of piperidine rings is 1. The van der Waals surface area contributed by atoms with Crippen molar-refractivity contribution >= 4 is 29.9 Å². The number of hydrogen-bond donors (Lipinski definition) is 3. The minimum Gasteiger partial charge on any atom is -0.389 e. The number of nitrogens with one attached hydrogen (secondary N) is 2. The first-order chi connectivity index (χ1) is 12.7. The van der Waals surface area contributed by atoms with Gasteiger partial charge in [-0.05, 0) is 44.9 Å². The molecule has 1 atom stereocenters. The van der Waals surface area contributed by atoms with Crippen LogP contribution in [0, 0.1) is 5.92 Å². The summed E-state index contributed by atoms with van der Waals surface area (Å²) in [5, 5.41) is 16.8. The number of aliphatic imine (C=N–C) groups is 1. The Morgan fingerprint density at radius 1 is 1.26 bits per heavy atom. The van der Waals surface area contributed by atoms with E-state index in [4.69, 9.17) is 9.47 Å². The Labute approximate surface area is 181 Å². The summed E-state index contributed by atoms with van der Waals surface area (Å²) in [4.78, 5) is 7.04.